The van der Waals surface area contributed by atoms with E-state index in [1.807, 2.05) is 0 Å². The molecule has 0 spiro atoms. The average molecular weight is 159 g/mol. The summed E-state index contributed by atoms with van der Waals surface area (Å²) in [5.74, 6) is 0. The van der Waals surface area contributed by atoms with Crippen molar-refractivity contribution in [1.82, 2.24) is 5.32 Å². The van der Waals surface area contributed by atoms with E-state index >= 15 is 0 Å². The van der Waals surface area contributed by atoms with Gasteiger partial charge in [-0.3, -0.25) is 0 Å². The normalized spacial score (nSPS) is 15.0. The molecule has 0 saturated heterocycles. The van der Waals surface area contributed by atoms with Gasteiger partial charge >= 0.3 is 0 Å². The van der Waals surface area contributed by atoms with E-state index in [0.717, 1.165) is 12.8 Å². The number of β-amino-alcohol motifs (C(OH)–C–C–N with tert-alkyl or cyclic N) is 1. The van der Waals surface area contributed by atoms with E-state index in [4.69, 9.17) is 5.11 Å². The molecule has 0 radical (unpaired) electrons. The van der Waals surface area contributed by atoms with Crippen molar-refractivity contribution >= 4 is 0 Å². The second-order valence-corrected chi connectivity index (χ2v) is 3.50. The van der Waals surface area contributed by atoms with Crippen LogP contribution in [0.2, 0.25) is 0 Å². The van der Waals surface area contributed by atoms with Crippen LogP contribution >= 0.6 is 0 Å². The Balaban J connectivity index is 3.69. The highest BCUT2D eigenvalue weighted by Crippen LogP contribution is 2.12. The molecule has 0 saturated carbocycles. The van der Waals surface area contributed by atoms with Crippen LogP contribution in [0.15, 0.2) is 0 Å². The van der Waals surface area contributed by atoms with Crippen LogP contribution in [0.5, 0.6) is 0 Å². The molecule has 0 rings (SSSR count). The monoisotopic (exact) mass is 159 g/mol. The molecule has 0 bridgehead atoms. The smallest absolute Gasteiger partial charge is 0.0636 e. The van der Waals surface area contributed by atoms with Crippen molar-refractivity contribution in [1.29, 1.82) is 0 Å². The fraction of sp³-hybridized carbons (Fsp3) is 1.00. The van der Waals surface area contributed by atoms with Gasteiger partial charge in [0, 0.05) is 12.1 Å². The maximum absolute atomic E-state index is 9.04. The van der Waals surface area contributed by atoms with Crippen LogP contribution in [0.1, 0.15) is 40.5 Å². The summed E-state index contributed by atoms with van der Waals surface area (Å²) >= 11 is 0. The van der Waals surface area contributed by atoms with Crippen molar-refractivity contribution in [3.05, 3.63) is 0 Å². The highest BCUT2D eigenvalue weighted by molar-refractivity contribution is 4.79. The van der Waals surface area contributed by atoms with Gasteiger partial charge in [-0.05, 0) is 26.7 Å². The van der Waals surface area contributed by atoms with Crippen LogP contribution in [-0.2, 0) is 0 Å². The highest BCUT2D eigenvalue weighted by atomic mass is 16.3. The first-order valence-electron chi connectivity index (χ1n) is 4.47. The zero-order valence-electron chi connectivity index (χ0n) is 8.15. The largest absolute Gasteiger partial charge is 0.392 e. The second-order valence-electron chi connectivity index (χ2n) is 3.50. The van der Waals surface area contributed by atoms with Gasteiger partial charge in [-0.2, -0.15) is 0 Å². The fourth-order valence-corrected chi connectivity index (χ4v) is 0.894. The van der Waals surface area contributed by atoms with Crippen LogP contribution in [0.3, 0.4) is 0 Å². The van der Waals surface area contributed by atoms with Gasteiger partial charge < -0.3 is 10.4 Å². The summed E-state index contributed by atoms with van der Waals surface area (Å²) in [5.41, 5.74) is 0.205. The lowest BCUT2D eigenvalue weighted by atomic mass is 9.95. The molecule has 0 unspecified atom stereocenters. The van der Waals surface area contributed by atoms with Crippen molar-refractivity contribution in [3.8, 4) is 0 Å². The van der Waals surface area contributed by atoms with Crippen LogP contribution in [0.25, 0.3) is 0 Å². The topological polar surface area (TPSA) is 32.3 Å². The molecule has 0 aliphatic rings. The van der Waals surface area contributed by atoms with Crippen molar-refractivity contribution in [3.63, 3.8) is 0 Å². The van der Waals surface area contributed by atoms with Crippen molar-refractivity contribution in [2.75, 3.05) is 6.54 Å². The fourth-order valence-electron chi connectivity index (χ4n) is 0.894. The minimum atomic E-state index is -0.243. The van der Waals surface area contributed by atoms with Gasteiger partial charge in [0.2, 0.25) is 0 Å². The van der Waals surface area contributed by atoms with Gasteiger partial charge in [0.05, 0.1) is 6.10 Å². The number of aliphatic hydroxyl groups excluding tert-OH is 1. The van der Waals surface area contributed by atoms with Crippen molar-refractivity contribution in [2.45, 2.75) is 52.2 Å². The average Bonchev–Trinajstić information content (AvgIpc) is 2.00. The van der Waals surface area contributed by atoms with E-state index < -0.39 is 0 Å². The highest BCUT2D eigenvalue weighted by Gasteiger charge is 2.18. The quantitative estimate of drug-likeness (QED) is 0.637. The van der Waals surface area contributed by atoms with Crippen molar-refractivity contribution in [2.24, 2.45) is 0 Å². The van der Waals surface area contributed by atoms with E-state index in [0.29, 0.717) is 6.54 Å². The third kappa shape index (κ3) is 4.38. The number of aliphatic hydroxyl groups is 1. The summed E-state index contributed by atoms with van der Waals surface area (Å²) < 4.78 is 0. The lowest BCUT2D eigenvalue weighted by molar-refractivity contribution is 0.171. The number of hydrogen-bond donors (Lipinski definition) is 2. The summed E-state index contributed by atoms with van der Waals surface area (Å²) in [7, 11) is 0. The van der Waals surface area contributed by atoms with Crippen LogP contribution in [0.4, 0.5) is 0 Å². The van der Waals surface area contributed by atoms with E-state index in [-0.39, 0.29) is 11.6 Å². The predicted octanol–water partition coefficient (Wildman–Crippen LogP) is 1.54. The Hall–Kier alpha value is -0.0800. The summed E-state index contributed by atoms with van der Waals surface area (Å²) in [6.07, 6.45) is 1.97. The zero-order valence-corrected chi connectivity index (χ0v) is 8.15. The predicted molar refractivity (Wildman–Crippen MR) is 48.7 cm³/mol. The Morgan fingerprint density at radius 1 is 1.36 bits per heavy atom. The van der Waals surface area contributed by atoms with E-state index in [1.54, 1.807) is 6.92 Å². The molecule has 11 heavy (non-hydrogen) atoms. The molecule has 0 aromatic carbocycles. The zero-order chi connectivity index (χ0) is 8.91. The Morgan fingerprint density at radius 2 is 1.82 bits per heavy atom. The SMILES string of the molecule is CCC(C)(CC)NC[C@@H](C)O. The molecule has 0 heterocycles. The van der Waals surface area contributed by atoms with Gasteiger partial charge in [0.25, 0.3) is 0 Å². The van der Waals surface area contributed by atoms with E-state index in [1.165, 1.54) is 0 Å². The number of hydrogen-bond acceptors (Lipinski definition) is 2. The third-order valence-electron chi connectivity index (χ3n) is 2.38. The van der Waals surface area contributed by atoms with Gasteiger partial charge in [-0.25, -0.2) is 0 Å². The minimum absolute atomic E-state index is 0.205. The molecule has 2 nitrogen and oxygen atoms in total. The second kappa shape index (κ2) is 4.73. The Kier molecular flexibility index (Phi) is 4.69. The summed E-state index contributed by atoms with van der Waals surface area (Å²) in [4.78, 5) is 0. The molecule has 0 amide bonds. The Bertz CT molecular complexity index is 97.7. The van der Waals surface area contributed by atoms with E-state index in [2.05, 4.69) is 26.1 Å². The van der Waals surface area contributed by atoms with Crippen LogP contribution < -0.4 is 5.32 Å². The molecular formula is C9H21NO. The van der Waals surface area contributed by atoms with Gasteiger partial charge in [-0.1, -0.05) is 13.8 Å². The van der Waals surface area contributed by atoms with Crippen molar-refractivity contribution < 1.29 is 5.11 Å². The molecule has 2 N–H and O–H groups in total. The molecular weight excluding hydrogens is 138 g/mol. The summed E-state index contributed by atoms with van der Waals surface area (Å²) in [5, 5.41) is 12.4. The van der Waals surface area contributed by atoms with Gasteiger partial charge in [-0.15, -0.1) is 0 Å². The summed E-state index contributed by atoms with van der Waals surface area (Å²) in [6.45, 7) is 9.02. The maximum atomic E-state index is 9.04. The van der Waals surface area contributed by atoms with Gasteiger partial charge in [0.15, 0.2) is 0 Å². The molecule has 2 heteroatoms. The molecule has 0 fully saturated rings. The molecule has 0 aliphatic carbocycles. The number of nitrogens with one attached hydrogen (secondary N) is 1. The number of rotatable bonds is 5. The lowest BCUT2D eigenvalue weighted by Crippen LogP contribution is -2.44. The summed E-state index contributed by atoms with van der Waals surface area (Å²) in [6, 6.07) is 0. The first-order chi connectivity index (χ1) is 5.04. The third-order valence-corrected chi connectivity index (χ3v) is 2.38. The minimum Gasteiger partial charge on any atom is -0.392 e. The Morgan fingerprint density at radius 3 is 2.09 bits per heavy atom. The molecule has 68 valence electrons. The molecule has 0 aromatic heterocycles. The van der Waals surface area contributed by atoms with Crippen LogP contribution in [-0.4, -0.2) is 23.3 Å². The standard InChI is InChI=1S/C9H21NO/c1-5-9(4,6-2)10-7-8(3)11/h8,10-11H,5-7H2,1-4H3/t8-/m1/s1. The maximum Gasteiger partial charge on any atom is 0.0636 e. The lowest BCUT2D eigenvalue weighted by Gasteiger charge is -2.29. The molecule has 1 atom stereocenters. The molecule has 0 aromatic rings. The first kappa shape index (κ1) is 10.9. The van der Waals surface area contributed by atoms with Crippen LogP contribution in [0, 0.1) is 0 Å². The molecule has 0 aliphatic heterocycles. The van der Waals surface area contributed by atoms with E-state index in [9.17, 15) is 0 Å². The van der Waals surface area contributed by atoms with Gasteiger partial charge in [0.1, 0.15) is 0 Å². The Labute approximate surface area is 70.0 Å². The first-order valence-corrected chi connectivity index (χ1v) is 4.47.